The zero-order valence-corrected chi connectivity index (χ0v) is 13.8. The van der Waals surface area contributed by atoms with Gasteiger partial charge in [0.15, 0.2) is 0 Å². The summed E-state index contributed by atoms with van der Waals surface area (Å²) in [7, 11) is 0. The second-order valence-corrected chi connectivity index (χ2v) is 6.33. The molecular weight excluding hydrogens is 288 g/mol. The Bertz CT molecular complexity index is 510. The van der Waals surface area contributed by atoms with Crippen LogP contribution < -0.4 is 5.73 Å². The maximum Gasteiger partial charge on any atom is 0.405 e. The van der Waals surface area contributed by atoms with Crippen LogP contribution in [0.3, 0.4) is 0 Å². The maximum absolute atomic E-state index is 11.3. The van der Waals surface area contributed by atoms with Crippen LogP contribution in [-0.2, 0) is 14.3 Å². The zero-order valence-electron chi connectivity index (χ0n) is 13.8. The number of rotatable bonds is 0. The van der Waals surface area contributed by atoms with Crippen LogP contribution >= 0.6 is 0 Å². The van der Waals surface area contributed by atoms with Crippen molar-refractivity contribution < 1.29 is 19.1 Å². The average Bonchev–Trinajstić information content (AvgIpc) is 2.75. The number of nitrogens with one attached hydrogen (secondary N) is 1. The zero-order chi connectivity index (χ0) is 17.6. The number of hydrogen-bond donors (Lipinski definition) is 2. The molecule has 1 aromatic rings. The Kier molecular flexibility index (Phi) is 6.76. The normalized spacial score (nSPS) is 11.0. The lowest BCUT2D eigenvalue weighted by Gasteiger charge is -2.19. The van der Waals surface area contributed by atoms with Crippen molar-refractivity contribution in [2.45, 2.75) is 52.7 Å². The van der Waals surface area contributed by atoms with E-state index in [-0.39, 0.29) is 5.84 Å². The fraction of sp³-hybridized carbons (Fsp3) is 0.571. The smallest absolute Gasteiger partial charge is 0.405 e. The first-order valence-electron chi connectivity index (χ1n) is 6.62. The highest BCUT2D eigenvalue weighted by atomic mass is 16.6. The van der Waals surface area contributed by atoms with Crippen LogP contribution in [-0.4, -0.2) is 38.9 Å². The largest absolute Gasteiger partial charge is 0.454 e. The summed E-state index contributed by atoms with van der Waals surface area (Å²) in [6.07, 6.45) is 2.29. The van der Waals surface area contributed by atoms with Crippen LogP contribution in [0, 0.1) is 5.41 Å². The molecule has 0 spiro atoms. The van der Waals surface area contributed by atoms with Gasteiger partial charge >= 0.3 is 12.1 Å². The Hall–Kier alpha value is -2.38. The SMILES string of the molecule is CC(C)(C)OC(=O)C(=N)n1cccn1.CC(C)(C)OC(N)=O. The molecule has 0 radical (unpaired) electrons. The third kappa shape index (κ3) is 9.51. The molecule has 1 amide bonds. The minimum absolute atomic E-state index is 0.287. The van der Waals surface area contributed by atoms with Gasteiger partial charge in [-0.05, 0) is 47.6 Å². The second kappa shape index (κ2) is 7.58. The van der Waals surface area contributed by atoms with Gasteiger partial charge in [0.2, 0.25) is 5.84 Å². The molecule has 0 saturated heterocycles. The van der Waals surface area contributed by atoms with Crippen molar-refractivity contribution in [1.29, 1.82) is 5.41 Å². The van der Waals surface area contributed by atoms with Crippen LogP contribution in [0.25, 0.3) is 0 Å². The highest BCUT2D eigenvalue weighted by molar-refractivity contribution is 6.34. The number of ether oxygens (including phenoxy) is 2. The summed E-state index contributed by atoms with van der Waals surface area (Å²) in [6.45, 7) is 10.5. The van der Waals surface area contributed by atoms with Crippen molar-refractivity contribution >= 4 is 17.9 Å². The average molecular weight is 312 g/mol. The van der Waals surface area contributed by atoms with Gasteiger partial charge in [-0.15, -0.1) is 0 Å². The first kappa shape index (κ1) is 19.6. The van der Waals surface area contributed by atoms with Gasteiger partial charge in [0, 0.05) is 12.4 Å². The van der Waals surface area contributed by atoms with E-state index in [1.807, 2.05) is 0 Å². The highest BCUT2D eigenvalue weighted by Crippen LogP contribution is 2.07. The number of amides is 1. The summed E-state index contributed by atoms with van der Waals surface area (Å²) in [6, 6.07) is 1.64. The molecule has 0 aliphatic heterocycles. The van der Waals surface area contributed by atoms with E-state index in [9.17, 15) is 9.59 Å². The monoisotopic (exact) mass is 312 g/mol. The first-order valence-corrected chi connectivity index (χ1v) is 6.62. The number of esters is 1. The standard InChI is InChI=1S/C9H13N3O2.C5H11NO2/c1-9(2,3)14-8(13)7(10)12-6-4-5-11-12;1-5(2,3)8-4(6)7/h4-6,10H,1-3H3;1-3H3,(H2,6,7). The Balaban J connectivity index is 0.000000472. The highest BCUT2D eigenvalue weighted by Gasteiger charge is 2.21. The lowest BCUT2D eigenvalue weighted by atomic mass is 10.2. The van der Waals surface area contributed by atoms with E-state index in [0.717, 1.165) is 4.68 Å². The molecule has 3 N–H and O–H groups in total. The van der Waals surface area contributed by atoms with Gasteiger partial charge < -0.3 is 15.2 Å². The van der Waals surface area contributed by atoms with E-state index < -0.39 is 23.3 Å². The molecule has 0 aliphatic rings. The van der Waals surface area contributed by atoms with Crippen LogP contribution in [0.2, 0.25) is 0 Å². The predicted octanol–water partition coefficient (Wildman–Crippen LogP) is 1.93. The number of aromatic nitrogens is 2. The van der Waals surface area contributed by atoms with E-state index in [1.54, 1.807) is 47.6 Å². The number of primary amides is 1. The van der Waals surface area contributed by atoms with Crippen LogP contribution in [0.1, 0.15) is 41.5 Å². The van der Waals surface area contributed by atoms with Crippen molar-refractivity contribution in [3.8, 4) is 0 Å². The summed E-state index contributed by atoms with van der Waals surface area (Å²) in [5, 5.41) is 11.2. The molecule has 1 heterocycles. The van der Waals surface area contributed by atoms with Gasteiger partial charge in [0.25, 0.3) is 0 Å². The lowest BCUT2D eigenvalue weighted by molar-refractivity contribution is -0.146. The number of nitrogens with zero attached hydrogens (tertiary/aromatic N) is 2. The molecular formula is C14H24N4O4. The summed E-state index contributed by atoms with van der Waals surface area (Å²) in [4.78, 5) is 21.4. The molecule has 0 aliphatic carbocycles. The van der Waals surface area contributed by atoms with Crippen molar-refractivity contribution in [2.24, 2.45) is 5.73 Å². The fourth-order valence-corrected chi connectivity index (χ4v) is 1.12. The first-order chi connectivity index (χ1) is 9.82. The van der Waals surface area contributed by atoms with Crippen LogP contribution in [0.15, 0.2) is 18.5 Å². The number of nitrogens with two attached hydrogens (primary N) is 1. The molecule has 1 rings (SSSR count). The molecule has 22 heavy (non-hydrogen) atoms. The van der Waals surface area contributed by atoms with E-state index in [2.05, 4.69) is 9.84 Å². The minimum atomic E-state index is -0.725. The predicted molar refractivity (Wildman–Crippen MR) is 81.6 cm³/mol. The summed E-state index contributed by atoms with van der Waals surface area (Å²) >= 11 is 0. The molecule has 8 heteroatoms. The van der Waals surface area contributed by atoms with Gasteiger partial charge in [-0.25, -0.2) is 14.3 Å². The van der Waals surface area contributed by atoms with E-state index in [0.29, 0.717) is 0 Å². The molecule has 0 unspecified atom stereocenters. The van der Waals surface area contributed by atoms with Crippen molar-refractivity contribution in [3.05, 3.63) is 18.5 Å². The molecule has 8 nitrogen and oxygen atoms in total. The third-order valence-electron chi connectivity index (χ3n) is 1.73. The molecule has 0 atom stereocenters. The van der Waals surface area contributed by atoms with Gasteiger partial charge in [-0.1, -0.05) is 0 Å². The van der Waals surface area contributed by atoms with Crippen LogP contribution in [0.4, 0.5) is 4.79 Å². The molecule has 0 bridgehead atoms. The van der Waals surface area contributed by atoms with Gasteiger partial charge in [0.05, 0.1) is 0 Å². The molecule has 0 saturated carbocycles. The number of hydrogen-bond acceptors (Lipinski definition) is 6. The molecule has 0 aromatic carbocycles. The van der Waals surface area contributed by atoms with E-state index in [4.69, 9.17) is 15.9 Å². The molecule has 124 valence electrons. The molecule has 1 aromatic heterocycles. The maximum atomic E-state index is 11.3. The Morgan fingerprint density at radius 1 is 1.09 bits per heavy atom. The third-order valence-corrected chi connectivity index (χ3v) is 1.73. The topological polar surface area (TPSA) is 120 Å². The van der Waals surface area contributed by atoms with Crippen LogP contribution in [0.5, 0.6) is 0 Å². The molecule has 0 fully saturated rings. The van der Waals surface area contributed by atoms with Gasteiger partial charge in [-0.3, -0.25) is 5.41 Å². The van der Waals surface area contributed by atoms with Gasteiger partial charge in [0.1, 0.15) is 11.2 Å². The quantitative estimate of drug-likeness (QED) is 0.431. The number of carbonyl (C=O) groups excluding carboxylic acids is 2. The Labute approximate surface area is 130 Å². The lowest BCUT2D eigenvalue weighted by Crippen LogP contribution is -2.32. The van der Waals surface area contributed by atoms with Crippen molar-refractivity contribution in [3.63, 3.8) is 0 Å². The van der Waals surface area contributed by atoms with Gasteiger partial charge in [-0.2, -0.15) is 5.10 Å². The number of carbonyl (C=O) groups is 2. The van der Waals surface area contributed by atoms with Crippen molar-refractivity contribution in [1.82, 2.24) is 9.78 Å². The second-order valence-electron chi connectivity index (χ2n) is 6.33. The Morgan fingerprint density at radius 3 is 1.86 bits per heavy atom. The summed E-state index contributed by atoms with van der Waals surface area (Å²) < 4.78 is 10.7. The summed E-state index contributed by atoms with van der Waals surface area (Å²) in [5.74, 6) is -0.967. The van der Waals surface area contributed by atoms with E-state index in [1.165, 1.54) is 12.4 Å². The minimum Gasteiger partial charge on any atom is -0.454 e. The van der Waals surface area contributed by atoms with Crippen molar-refractivity contribution in [2.75, 3.05) is 0 Å². The fourth-order valence-electron chi connectivity index (χ4n) is 1.12. The Morgan fingerprint density at radius 2 is 1.59 bits per heavy atom. The van der Waals surface area contributed by atoms with E-state index >= 15 is 0 Å². The summed E-state index contributed by atoms with van der Waals surface area (Å²) in [5.41, 5.74) is 3.68.